The van der Waals surface area contributed by atoms with Gasteiger partial charge in [-0.05, 0) is 39.0 Å². The fraction of sp³-hybridized carbons (Fsp3) is 0.308. The summed E-state index contributed by atoms with van der Waals surface area (Å²) in [6, 6.07) is 7.92. The van der Waals surface area contributed by atoms with E-state index in [9.17, 15) is 0 Å². The highest BCUT2D eigenvalue weighted by atomic mass is 15.1. The molecule has 0 aliphatic rings. The van der Waals surface area contributed by atoms with Crippen LogP contribution in [0.1, 0.15) is 30.0 Å². The Labute approximate surface area is 101 Å². The number of nitrogens with zero attached hydrogens (tertiary/aromatic N) is 3. The van der Waals surface area contributed by atoms with Crippen molar-refractivity contribution in [2.24, 2.45) is 0 Å². The summed E-state index contributed by atoms with van der Waals surface area (Å²) in [5, 5.41) is 3.26. The summed E-state index contributed by atoms with van der Waals surface area (Å²) < 4.78 is 0. The van der Waals surface area contributed by atoms with Gasteiger partial charge < -0.3 is 5.32 Å². The van der Waals surface area contributed by atoms with Gasteiger partial charge in [-0.2, -0.15) is 0 Å². The van der Waals surface area contributed by atoms with Crippen molar-refractivity contribution in [2.75, 3.05) is 5.32 Å². The van der Waals surface area contributed by atoms with Crippen LogP contribution in [-0.2, 0) is 0 Å². The third kappa shape index (κ3) is 3.00. The summed E-state index contributed by atoms with van der Waals surface area (Å²) in [5.41, 5.74) is 2.91. The molecule has 4 nitrogen and oxygen atoms in total. The molecule has 2 aromatic heterocycles. The molecule has 2 rings (SSSR count). The highest BCUT2D eigenvalue weighted by Gasteiger charge is 2.08. The Hall–Kier alpha value is -1.97. The van der Waals surface area contributed by atoms with Gasteiger partial charge in [-0.3, -0.25) is 4.98 Å². The lowest BCUT2D eigenvalue weighted by Gasteiger charge is -2.13. The number of nitrogens with one attached hydrogen (secondary N) is 1. The van der Waals surface area contributed by atoms with Crippen LogP contribution >= 0.6 is 0 Å². The van der Waals surface area contributed by atoms with Gasteiger partial charge in [0.25, 0.3) is 0 Å². The van der Waals surface area contributed by atoms with Crippen molar-refractivity contribution in [3.63, 3.8) is 0 Å². The average molecular weight is 228 g/mol. The van der Waals surface area contributed by atoms with Crippen LogP contribution in [0.5, 0.6) is 0 Å². The minimum absolute atomic E-state index is 0.0948. The maximum absolute atomic E-state index is 4.35. The van der Waals surface area contributed by atoms with Crippen LogP contribution in [0.25, 0.3) is 0 Å². The normalized spacial score (nSPS) is 12.2. The van der Waals surface area contributed by atoms with Crippen molar-refractivity contribution in [1.82, 2.24) is 15.0 Å². The van der Waals surface area contributed by atoms with Crippen molar-refractivity contribution < 1.29 is 0 Å². The number of rotatable bonds is 3. The molecular formula is C13H16N4. The fourth-order valence-electron chi connectivity index (χ4n) is 1.69. The molecule has 88 valence electrons. The van der Waals surface area contributed by atoms with E-state index in [0.29, 0.717) is 5.95 Å². The Bertz CT molecular complexity index is 476. The molecule has 0 spiro atoms. The monoisotopic (exact) mass is 228 g/mol. The second kappa shape index (κ2) is 4.91. The quantitative estimate of drug-likeness (QED) is 0.877. The molecule has 2 heterocycles. The van der Waals surface area contributed by atoms with Crippen LogP contribution < -0.4 is 5.32 Å². The summed E-state index contributed by atoms with van der Waals surface area (Å²) >= 11 is 0. The lowest BCUT2D eigenvalue weighted by atomic mass is 10.2. The first-order valence-electron chi connectivity index (χ1n) is 5.65. The van der Waals surface area contributed by atoms with Crippen molar-refractivity contribution in [2.45, 2.75) is 26.8 Å². The third-order valence-corrected chi connectivity index (χ3v) is 2.46. The van der Waals surface area contributed by atoms with Crippen LogP contribution in [0, 0.1) is 13.8 Å². The highest BCUT2D eigenvalue weighted by molar-refractivity contribution is 5.31. The zero-order chi connectivity index (χ0) is 12.3. The average Bonchev–Trinajstić information content (AvgIpc) is 2.28. The Morgan fingerprint density at radius 3 is 2.41 bits per heavy atom. The minimum atomic E-state index is 0.0948. The van der Waals surface area contributed by atoms with E-state index < -0.39 is 0 Å². The van der Waals surface area contributed by atoms with Crippen LogP contribution in [0.3, 0.4) is 0 Å². The molecule has 1 unspecified atom stereocenters. The van der Waals surface area contributed by atoms with Crippen LogP contribution in [0.2, 0.25) is 0 Å². The number of hydrogen-bond donors (Lipinski definition) is 1. The number of hydrogen-bond acceptors (Lipinski definition) is 4. The number of aryl methyl sites for hydroxylation is 2. The smallest absolute Gasteiger partial charge is 0.223 e. The summed E-state index contributed by atoms with van der Waals surface area (Å²) in [5.74, 6) is 0.653. The maximum atomic E-state index is 4.35. The molecule has 0 radical (unpaired) electrons. The fourth-order valence-corrected chi connectivity index (χ4v) is 1.69. The van der Waals surface area contributed by atoms with Gasteiger partial charge in [0.05, 0.1) is 11.7 Å². The zero-order valence-corrected chi connectivity index (χ0v) is 10.3. The van der Waals surface area contributed by atoms with E-state index in [-0.39, 0.29) is 6.04 Å². The van der Waals surface area contributed by atoms with Gasteiger partial charge in [0.15, 0.2) is 0 Å². The molecule has 0 aliphatic heterocycles. The van der Waals surface area contributed by atoms with E-state index in [4.69, 9.17) is 0 Å². The molecule has 0 aromatic carbocycles. The van der Waals surface area contributed by atoms with Crippen molar-refractivity contribution >= 4 is 5.95 Å². The number of anilines is 1. The molecular weight excluding hydrogens is 212 g/mol. The topological polar surface area (TPSA) is 50.7 Å². The number of aromatic nitrogens is 3. The van der Waals surface area contributed by atoms with Crippen molar-refractivity contribution in [1.29, 1.82) is 0 Å². The summed E-state index contributed by atoms with van der Waals surface area (Å²) in [4.78, 5) is 13.0. The maximum Gasteiger partial charge on any atom is 0.223 e. The molecule has 4 heteroatoms. The lowest BCUT2D eigenvalue weighted by Crippen LogP contribution is -2.11. The van der Waals surface area contributed by atoms with Gasteiger partial charge in [0.2, 0.25) is 5.95 Å². The van der Waals surface area contributed by atoms with E-state index in [1.807, 2.05) is 45.0 Å². The summed E-state index contributed by atoms with van der Waals surface area (Å²) in [7, 11) is 0. The van der Waals surface area contributed by atoms with Gasteiger partial charge in [-0.15, -0.1) is 0 Å². The van der Waals surface area contributed by atoms with Crippen molar-refractivity contribution in [3.8, 4) is 0 Å². The van der Waals surface area contributed by atoms with Gasteiger partial charge in [0.1, 0.15) is 0 Å². The van der Waals surface area contributed by atoms with Crippen LogP contribution in [-0.4, -0.2) is 15.0 Å². The Kier molecular flexibility index (Phi) is 3.32. The van der Waals surface area contributed by atoms with E-state index in [2.05, 4.69) is 20.3 Å². The molecule has 0 amide bonds. The molecule has 0 saturated heterocycles. The lowest BCUT2D eigenvalue weighted by molar-refractivity contribution is 0.817. The van der Waals surface area contributed by atoms with E-state index in [1.165, 1.54) is 0 Å². The molecule has 17 heavy (non-hydrogen) atoms. The summed E-state index contributed by atoms with van der Waals surface area (Å²) in [6.07, 6.45) is 1.79. The molecule has 0 fully saturated rings. The summed E-state index contributed by atoms with van der Waals surface area (Å²) in [6.45, 7) is 5.97. The van der Waals surface area contributed by atoms with Gasteiger partial charge >= 0.3 is 0 Å². The SMILES string of the molecule is Cc1cc(C)nc(NC(C)c2ccccn2)n1. The third-order valence-electron chi connectivity index (χ3n) is 2.46. The first-order chi connectivity index (χ1) is 8.15. The van der Waals surface area contributed by atoms with Crippen LogP contribution in [0.4, 0.5) is 5.95 Å². The van der Waals surface area contributed by atoms with E-state index >= 15 is 0 Å². The Morgan fingerprint density at radius 1 is 1.12 bits per heavy atom. The zero-order valence-electron chi connectivity index (χ0n) is 10.3. The molecule has 0 aliphatic carbocycles. The number of pyridine rings is 1. The molecule has 0 bridgehead atoms. The van der Waals surface area contributed by atoms with E-state index in [0.717, 1.165) is 17.1 Å². The highest BCUT2D eigenvalue weighted by Crippen LogP contribution is 2.14. The second-order valence-corrected chi connectivity index (χ2v) is 4.09. The predicted molar refractivity (Wildman–Crippen MR) is 67.8 cm³/mol. The molecule has 2 aromatic rings. The standard InChI is InChI=1S/C13H16N4/c1-9-8-10(2)16-13(15-9)17-11(3)12-6-4-5-7-14-12/h4-8,11H,1-3H3,(H,15,16,17). The first-order valence-corrected chi connectivity index (χ1v) is 5.65. The second-order valence-electron chi connectivity index (χ2n) is 4.09. The predicted octanol–water partition coefficient (Wildman–Crippen LogP) is 2.66. The molecule has 1 N–H and O–H groups in total. The van der Waals surface area contributed by atoms with Gasteiger partial charge in [-0.1, -0.05) is 6.07 Å². The first kappa shape index (κ1) is 11.5. The van der Waals surface area contributed by atoms with Crippen LogP contribution in [0.15, 0.2) is 30.5 Å². The van der Waals surface area contributed by atoms with Crippen molar-refractivity contribution in [3.05, 3.63) is 47.5 Å². The van der Waals surface area contributed by atoms with Gasteiger partial charge in [0, 0.05) is 17.6 Å². The van der Waals surface area contributed by atoms with E-state index in [1.54, 1.807) is 6.20 Å². The Morgan fingerprint density at radius 2 is 1.82 bits per heavy atom. The van der Waals surface area contributed by atoms with Gasteiger partial charge in [-0.25, -0.2) is 9.97 Å². The minimum Gasteiger partial charge on any atom is -0.346 e. The largest absolute Gasteiger partial charge is 0.346 e. The molecule has 0 saturated carbocycles. The molecule has 1 atom stereocenters. The Balaban J connectivity index is 2.16.